The molecule has 32 heavy (non-hydrogen) atoms. The van der Waals surface area contributed by atoms with Gasteiger partial charge in [-0.05, 0) is 43.4 Å². The molecule has 0 unspecified atom stereocenters. The lowest BCUT2D eigenvalue weighted by Crippen LogP contribution is -2.26. The molecule has 4 aromatic rings. The molecule has 4 rings (SSSR count). The number of nitrogens with zero attached hydrogens (tertiary/aromatic N) is 2. The zero-order chi connectivity index (χ0) is 22.5. The first-order valence-corrected chi connectivity index (χ1v) is 10.9. The second-order valence-electron chi connectivity index (χ2n) is 7.91. The monoisotopic (exact) mass is 428 g/mol. The summed E-state index contributed by atoms with van der Waals surface area (Å²) >= 11 is 0. The van der Waals surface area contributed by atoms with Gasteiger partial charge >= 0.3 is 6.09 Å². The van der Waals surface area contributed by atoms with Gasteiger partial charge in [-0.25, -0.2) is 9.78 Å². The van der Waals surface area contributed by atoms with E-state index in [2.05, 4.69) is 53.6 Å². The van der Waals surface area contributed by atoms with Crippen molar-refractivity contribution < 1.29 is 9.53 Å². The second-order valence-corrected chi connectivity index (χ2v) is 7.91. The molecule has 0 saturated heterocycles. The molecular weight excluding hydrogens is 400 g/mol. The lowest BCUT2D eigenvalue weighted by molar-refractivity contribution is 0.140. The average Bonchev–Trinajstić information content (AvgIpc) is 3.19. The Balaban J connectivity index is 1.55. The van der Waals surface area contributed by atoms with Crippen LogP contribution >= 0.6 is 0 Å². The van der Waals surface area contributed by atoms with E-state index in [4.69, 9.17) is 9.72 Å². The summed E-state index contributed by atoms with van der Waals surface area (Å²) in [4.78, 5) is 17.1. The van der Waals surface area contributed by atoms with Gasteiger partial charge in [0.1, 0.15) is 6.61 Å². The number of carbonyl (C=O) groups is 1. The Morgan fingerprint density at radius 1 is 1.03 bits per heavy atom. The zero-order valence-electron chi connectivity index (χ0n) is 18.7. The fraction of sp³-hybridized carbons (Fsp3) is 0.269. The maximum atomic E-state index is 12.2. The number of alkyl carbamates (subject to hydrolysis) is 1. The van der Waals surface area contributed by atoms with E-state index < -0.39 is 6.09 Å². The number of benzene rings is 2. The maximum Gasteiger partial charge on any atom is 0.407 e. The smallest absolute Gasteiger partial charge is 0.407 e. The van der Waals surface area contributed by atoms with Crippen molar-refractivity contribution in [3.05, 3.63) is 82.5 Å². The predicted octanol–water partition coefficient (Wildman–Crippen LogP) is 5.27. The van der Waals surface area contributed by atoms with Crippen LogP contribution in [0.4, 0.5) is 4.79 Å². The number of ether oxygens (including phenoxy) is 1. The van der Waals surface area contributed by atoms with Gasteiger partial charge in [0.25, 0.3) is 0 Å². The molecule has 6 heteroatoms. The van der Waals surface area contributed by atoms with Crippen LogP contribution in [0.5, 0.6) is 0 Å². The fourth-order valence-corrected chi connectivity index (χ4v) is 4.01. The van der Waals surface area contributed by atoms with E-state index in [0.29, 0.717) is 13.0 Å². The molecule has 0 aliphatic heterocycles. The molecule has 164 valence electrons. The average molecular weight is 429 g/mol. The zero-order valence-corrected chi connectivity index (χ0v) is 18.7. The minimum Gasteiger partial charge on any atom is -0.445 e. The third kappa shape index (κ3) is 4.64. The van der Waals surface area contributed by atoms with E-state index in [9.17, 15) is 4.79 Å². The minimum absolute atomic E-state index is 0.255. The molecule has 0 aliphatic rings. The van der Waals surface area contributed by atoms with Crippen LogP contribution in [0.1, 0.15) is 34.9 Å². The molecule has 0 bridgehead atoms. The van der Waals surface area contributed by atoms with Gasteiger partial charge in [0.05, 0.1) is 11.4 Å². The van der Waals surface area contributed by atoms with Gasteiger partial charge in [-0.3, -0.25) is 5.10 Å². The summed E-state index contributed by atoms with van der Waals surface area (Å²) in [5, 5.41) is 11.4. The SMILES string of the molecule is CCc1c(-c2ccc(C)cc2)nc2[nH]nc(C)c2c1CCNC(=O)OCc1ccccc1. The van der Waals surface area contributed by atoms with E-state index in [0.717, 1.165) is 40.0 Å². The molecule has 1 amide bonds. The van der Waals surface area contributed by atoms with Crippen molar-refractivity contribution in [2.45, 2.75) is 40.2 Å². The summed E-state index contributed by atoms with van der Waals surface area (Å²) in [6.45, 7) is 6.92. The van der Waals surface area contributed by atoms with Gasteiger partial charge in [0.15, 0.2) is 5.65 Å². The van der Waals surface area contributed by atoms with Crippen LogP contribution in [0.2, 0.25) is 0 Å². The fourth-order valence-electron chi connectivity index (χ4n) is 4.01. The Kier molecular flexibility index (Phi) is 6.50. The molecular formula is C26H28N4O2. The van der Waals surface area contributed by atoms with Crippen molar-refractivity contribution in [1.82, 2.24) is 20.5 Å². The summed E-state index contributed by atoms with van der Waals surface area (Å²) in [7, 11) is 0. The molecule has 2 aromatic carbocycles. The van der Waals surface area contributed by atoms with Crippen molar-refractivity contribution in [2.24, 2.45) is 0 Å². The van der Waals surface area contributed by atoms with Crippen molar-refractivity contribution in [3.63, 3.8) is 0 Å². The quantitative estimate of drug-likeness (QED) is 0.420. The van der Waals surface area contributed by atoms with Crippen LogP contribution in [0, 0.1) is 13.8 Å². The lowest BCUT2D eigenvalue weighted by atomic mass is 9.93. The number of aryl methyl sites for hydroxylation is 2. The summed E-state index contributed by atoms with van der Waals surface area (Å²) in [6, 6.07) is 18.1. The number of amides is 1. The van der Waals surface area contributed by atoms with Crippen LogP contribution in [0.3, 0.4) is 0 Å². The Hall–Kier alpha value is -3.67. The standard InChI is InChI=1S/C26H28N4O2/c1-4-21-22(14-15-27-26(31)32-16-19-8-6-5-7-9-19)23-18(3)29-30-25(23)28-24(21)20-12-10-17(2)11-13-20/h5-13H,4,14-16H2,1-3H3,(H,27,31)(H,28,29,30). The van der Waals surface area contributed by atoms with Gasteiger partial charge in [0, 0.05) is 17.5 Å². The molecule has 0 spiro atoms. The number of hydrogen-bond donors (Lipinski definition) is 2. The number of H-pyrrole nitrogens is 1. The molecule has 0 fully saturated rings. The minimum atomic E-state index is -0.417. The van der Waals surface area contributed by atoms with Crippen molar-refractivity contribution in [2.75, 3.05) is 6.54 Å². The molecule has 2 heterocycles. The van der Waals surface area contributed by atoms with Gasteiger partial charge in [-0.1, -0.05) is 67.1 Å². The second kappa shape index (κ2) is 9.64. The van der Waals surface area contributed by atoms with E-state index >= 15 is 0 Å². The van der Waals surface area contributed by atoms with Crippen molar-refractivity contribution in [1.29, 1.82) is 0 Å². The van der Waals surface area contributed by atoms with E-state index in [1.807, 2.05) is 37.3 Å². The molecule has 2 N–H and O–H groups in total. The van der Waals surface area contributed by atoms with Gasteiger partial charge in [-0.15, -0.1) is 0 Å². The molecule has 2 aromatic heterocycles. The molecule has 6 nitrogen and oxygen atoms in total. The number of aromatic amines is 1. The first-order valence-electron chi connectivity index (χ1n) is 10.9. The van der Waals surface area contributed by atoms with Gasteiger partial charge in [-0.2, -0.15) is 5.10 Å². The Morgan fingerprint density at radius 3 is 2.50 bits per heavy atom. The van der Waals surface area contributed by atoms with E-state index in [-0.39, 0.29) is 6.61 Å². The topological polar surface area (TPSA) is 79.9 Å². The lowest BCUT2D eigenvalue weighted by Gasteiger charge is -2.16. The summed E-state index contributed by atoms with van der Waals surface area (Å²) in [5.74, 6) is 0. The highest BCUT2D eigenvalue weighted by Crippen LogP contribution is 2.31. The first kappa shape index (κ1) is 21.6. The van der Waals surface area contributed by atoms with Crippen molar-refractivity contribution in [3.8, 4) is 11.3 Å². The van der Waals surface area contributed by atoms with Crippen LogP contribution in [0.15, 0.2) is 54.6 Å². The summed E-state index contributed by atoms with van der Waals surface area (Å²) in [6.07, 6.45) is 1.09. The van der Waals surface area contributed by atoms with Crippen LogP contribution in [0.25, 0.3) is 22.3 Å². The number of aromatic nitrogens is 3. The number of hydrogen-bond acceptors (Lipinski definition) is 4. The number of carbonyl (C=O) groups excluding carboxylic acids is 1. The molecule has 0 radical (unpaired) electrons. The Morgan fingerprint density at radius 2 is 1.78 bits per heavy atom. The summed E-state index contributed by atoms with van der Waals surface area (Å²) in [5.41, 5.74) is 8.26. The highest BCUT2D eigenvalue weighted by Gasteiger charge is 2.18. The molecule has 0 aliphatic carbocycles. The van der Waals surface area contributed by atoms with Gasteiger partial charge < -0.3 is 10.1 Å². The predicted molar refractivity (Wildman–Crippen MR) is 127 cm³/mol. The van der Waals surface area contributed by atoms with Crippen molar-refractivity contribution >= 4 is 17.1 Å². The molecule has 0 atom stereocenters. The third-order valence-electron chi connectivity index (χ3n) is 5.64. The number of pyridine rings is 1. The normalized spacial score (nSPS) is 11.0. The maximum absolute atomic E-state index is 12.2. The summed E-state index contributed by atoms with van der Waals surface area (Å²) < 4.78 is 5.34. The Labute approximate surface area is 188 Å². The first-order chi connectivity index (χ1) is 15.6. The van der Waals surface area contributed by atoms with Crippen LogP contribution in [-0.2, 0) is 24.2 Å². The van der Waals surface area contributed by atoms with Gasteiger partial charge in [0.2, 0.25) is 0 Å². The highest BCUT2D eigenvalue weighted by molar-refractivity contribution is 5.87. The van der Waals surface area contributed by atoms with Crippen LogP contribution in [-0.4, -0.2) is 27.8 Å². The number of rotatable bonds is 7. The molecule has 0 saturated carbocycles. The van der Waals surface area contributed by atoms with E-state index in [1.165, 1.54) is 16.7 Å². The largest absolute Gasteiger partial charge is 0.445 e. The number of fused-ring (bicyclic) bond motifs is 1. The van der Waals surface area contributed by atoms with E-state index in [1.54, 1.807) is 0 Å². The third-order valence-corrected chi connectivity index (χ3v) is 5.64. The highest BCUT2D eigenvalue weighted by atomic mass is 16.5. The number of nitrogens with one attached hydrogen (secondary N) is 2. The Bertz CT molecular complexity index is 1210. The van der Waals surface area contributed by atoms with Crippen LogP contribution < -0.4 is 5.32 Å².